The number of benzene rings is 3. The van der Waals surface area contributed by atoms with Crippen molar-refractivity contribution in [3.8, 4) is 16.3 Å². The zero-order valence-corrected chi connectivity index (χ0v) is 21.4. The van der Waals surface area contributed by atoms with Crippen molar-refractivity contribution in [1.29, 1.82) is 0 Å². The van der Waals surface area contributed by atoms with Crippen molar-refractivity contribution in [2.75, 3.05) is 23.5 Å². The lowest BCUT2D eigenvalue weighted by atomic mass is 10.2. The molecule has 3 aromatic heterocycles. The van der Waals surface area contributed by atoms with E-state index in [2.05, 4.69) is 15.6 Å². The van der Waals surface area contributed by atoms with Crippen LogP contribution in [0.1, 0.15) is 9.67 Å². The Labute approximate surface area is 218 Å². The number of thiazole rings is 2. The molecule has 6 aromatic rings. The third-order valence-corrected chi connectivity index (χ3v) is 8.65. The number of nitrogens with zero attached hydrogens (tertiary/aromatic N) is 2. The molecular weight excluding hydrogens is 511 g/mol. The number of hydrogen-bond acceptors (Lipinski definition) is 9. The highest BCUT2D eigenvalue weighted by Gasteiger charge is 2.26. The molecule has 10 heteroatoms. The number of carbonyl (C=O) groups is 1. The predicted octanol–water partition coefficient (Wildman–Crippen LogP) is 7.22. The first-order valence-electron chi connectivity index (χ1n) is 11.0. The van der Waals surface area contributed by atoms with Crippen LogP contribution in [0.25, 0.3) is 31.0 Å². The summed E-state index contributed by atoms with van der Waals surface area (Å²) in [6, 6.07) is 23.3. The zero-order valence-electron chi connectivity index (χ0n) is 18.9. The van der Waals surface area contributed by atoms with E-state index in [1.165, 1.54) is 34.0 Å². The van der Waals surface area contributed by atoms with E-state index < -0.39 is 0 Å². The van der Waals surface area contributed by atoms with Gasteiger partial charge in [0.15, 0.2) is 5.13 Å². The van der Waals surface area contributed by atoms with E-state index in [1.54, 1.807) is 7.11 Å². The normalized spacial score (nSPS) is 11.1. The van der Waals surface area contributed by atoms with E-state index >= 15 is 0 Å². The van der Waals surface area contributed by atoms with Gasteiger partial charge in [-0.05, 0) is 36.4 Å². The molecule has 0 unspecified atom stereocenters. The van der Waals surface area contributed by atoms with Gasteiger partial charge in [0.05, 0.1) is 44.5 Å². The van der Waals surface area contributed by atoms with Gasteiger partial charge in [-0.25, -0.2) is 9.97 Å². The summed E-state index contributed by atoms with van der Waals surface area (Å²) < 4.78 is 7.56. The van der Waals surface area contributed by atoms with Gasteiger partial charge in [0.25, 0.3) is 5.91 Å². The number of amides is 1. The third-order valence-electron chi connectivity index (χ3n) is 5.53. The quantitative estimate of drug-likeness (QED) is 0.210. The van der Waals surface area contributed by atoms with Gasteiger partial charge in [-0.15, -0.1) is 22.7 Å². The van der Waals surface area contributed by atoms with Gasteiger partial charge in [-0.3, -0.25) is 10.1 Å². The second-order valence-electron chi connectivity index (χ2n) is 7.80. The minimum atomic E-state index is -0.313. The van der Waals surface area contributed by atoms with Gasteiger partial charge in [0, 0.05) is 0 Å². The van der Waals surface area contributed by atoms with Gasteiger partial charge >= 0.3 is 0 Å². The minimum Gasteiger partial charge on any atom is -0.495 e. The monoisotopic (exact) mass is 529 g/mol. The fraction of sp³-hybridized carbons (Fsp3) is 0.0385. The summed E-state index contributed by atoms with van der Waals surface area (Å²) in [6.45, 7) is 0. The highest BCUT2D eigenvalue weighted by Crippen LogP contribution is 2.47. The number of nitrogen functional groups attached to an aromatic ring is 1. The molecule has 7 nitrogen and oxygen atoms in total. The molecule has 0 spiro atoms. The number of rotatable bonds is 6. The van der Waals surface area contributed by atoms with Crippen LogP contribution in [0, 0.1) is 0 Å². The highest BCUT2D eigenvalue weighted by molar-refractivity contribution is 7.24. The molecular formula is C26H19N5O2S3. The highest BCUT2D eigenvalue weighted by atomic mass is 32.1. The molecule has 0 saturated heterocycles. The van der Waals surface area contributed by atoms with Crippen molar-refractivity contribution >= 4 is 81.9 Å². The van der Waals surface area contributed by atoms with Crippen LogP contribution >= 0.6 is 34.0 Å². The largest absolute Gasteiger partial charge is 0.495 e. The Morgan fingerprint density at radius 3 is 2.25 bits per heavy atom. The Morgan fingerprint density at radius 1 is 0.861 bits per heavy atom. The summed E-state index contributed by atoms with van der Waals surface area (Å²) in [5.74, 6) is 0.368. The summed E-state index contributed by atoms with van der Waals surface area (Å²) in [7, 11) is 1.62. The number of thiophene rings is 1. The van der Waals surface area contributed by atoms with Crippen LogP contribution in [0.4, 0.5) is 21.5 Å². The van der Waals surface area contributed by atoms with Crippen LogP contribution < -0.4 is 21.1 Å². The summed E-state index contributed by atoms with van der Waals surface area (Å²) >= 11 is 4.23. The smallest absolute Gasteiger partial charge is 0.269 e. The van der Waals surface area contributed by atoms with E-state index in [-0.39, 0.29) is 5.91 Å². The van der Waals surface area contributed by atoms with Gasteiger partial charge in [-0.2, -0.15) is 0 Å². The summed E-state index contributed by atoms with van der Waals surface area (Å²) in [5, 5.41) is 8.32. The number of hydrogen-bond donors (Lipinski definition) is 3. The van der Waals surface area contributed by atoms with Crippen LogP contribution in [0.2, 0.25) is 0 Å². The molecule has 0 bridgehead atoms. The van der Waals surface area contributed by atoms with E-state index in [4.69, 9.17) is 15.5 Å². The van der Waals surface area contributed by atoms with Gasteiger partial charge < -0.3 is 15.8 Å². The average molecular weight is 530 g/mol. The number of para-hydroxylation sites is 4. The Kier molecular flexibility index (Phi) is 5.76. The molecule has 178 valence electrons. The van der Waals surface area contributed by atoms with Crippen LogP contribution in [0.3, 0.4) is 0 Å². The van der Waals surface area contributed by atoms with Crippen LogP contribution in [-0.2, 0) is 0 Å². The summed E-state index contributed by atoms with van der Waals surface area (Å²) in [6.07, 6.45) is 0. The molecule has 0 fully saturated rings. The standard InChI is InChI=1S/C26H19N5O2S3/c1-33-17-11-5-2-8-14(17)28-25-20(24-29-15-9-3-6-12-18(15)34-24)21(27)22(36-25)23(32)31-26-30-16-10-4-7-13-19(16)35-26/h2-13,28H,27H2,1H3,(H,30,31,32). The van der Waals surface area contributed by atoms with Crippen molar-refractivity contribution in [2.24, 2.45) is 0 Å². The average Bonchev–Trinajstić information content (AvgIpc) is 3.58. The zero-order chi connectivity index (χ0) is 24.6. The molecule has 1 amide bonds. The Balaban J connectivity index is 1.43. The van der Waals surface area contributed by atoms with Crippen molar-refractivity contribution in [2.45, 2.75) is 0 Å². The third kappa shape index (κ3) is 4.05. The molecule has 0 radical (unpaired) electrons. The first-order chi connectivity index (χ1) is 17.6. The van der Waals surface area contributed by atoms with E-state index in [1.807, 2.05) is 72.8 Å². The van der Waals surface area contributed by atoms with Crippen LogP contribution in [-0.4, -0.2) is 23.0 Å². The molecule has 3 heterocycles. The molecule has 4 N–H and O–H groups in total. The maximum Gasteiger partial charge on any atom is 0.269 e. The van der Waals surface area contributed by atoms with E-state index in [9.17, 15) is 4.79 Å². The second kappa shape index (κ2) is 9.23. The predicted molar refractivity (Wildman–Crippen MR) is 151 cm³/mol. The van der Waals surface area contributed by atoms with E-state index in [0.717, 1.165) is 31.1 Å². The fourth-order valence-electron chi connectivity index (χ4n) is 3.84. The summed E-state index contributed by atoms with van der Waals surface area (Å²) in [5.41, 5.74) is 10.2. The SMILES string of the molecule is COc1ccccc1Nc1sc(C(=O)Nc2nc3ccccc3s2)c(N)c1-c1nc2ccccc2s1. The van der Waals surface area contributed by atoms with Gasteiger partial charge in [-0.1, -0.05) is 47.7 Å². The number of aromatic nitrogens is 2. The summed E-state index contributed by atoms with van der Waals surface area (Å²) in [4.78, 5) is 23.1. The van der Waals surface area contributed by atoms with Crippen molar-refractivity contribution in [3.63, 3.8) is 0 Å². The number of carbonyl (C=O) groups excluding carboxylic acids is 1. The lowest BCUT2D eigenvalue weighted by Gasteiger charge is -2.10. The fourth-order valence-corrected chi connectivity index (χ4v) is 6.83. The molecule has 6 rings (SSSR count). The molecule has 36 heavy (non-hydrogen) atoms. The number of nitrogens with one attached hydrogen (secondary N) is 2. The number of fused-ring (bicyclic) bond motifs is 2. The lowest BCUT2D eigenvalue weighted by Crippen LogP contribution is -2.11. The lowest BCUT2D eigenvalue weighted by molar-refractivity contribution is 0.103. The topological polar surface area (TPSA) is 102 Å². The number of ether oxygens (including phenoxy) is 1. The first-order valence-corrected chi connectivity index (χ1v) is 13.4. The van der Waals surface area contributed by atoms with E-state index in [0.29, 0.717) is 32.0 Å². The minimum absolute atomic E-state index is 0.313. The molecule has 0 aliphatic carbocycles. The van der Waals surface area contributed by atoms with Crippen molar-refractivity contribution in [3.05, 3.63) is 77.7 Å². The second-order valence-corrected chi connectivity index (χ2v) is 10.9. The number of methoxy groups -OCH3 is 1. The first kappa shape index (κ1) is 22.5. The van der Waals surface area contributed by atoms with Gasteiger partial charge in [0.2, 0.25) is 0 Å². The van der Waals surface area contributed by atoms with Crippen LogP contribution in [0.5, 0.6) is 5.75 Å². The van der Waals surface area contributed by atoms with Gasteiger partial charge in [0.1, 0.15) is 20.6 Å². The number of anilines is 4. The van der Waals surface area contributed by atoms with Crippen LogP contribution in [0.15, 0.2) is 72.8 Å². The Morgan fingerprint density at radius 2 is 1.53 bits per heavy atom. The molecule has 0 aliphatic rings. The maximum absolute atomic E-state index is 13.4. The Hall–Kier alpha value is -3.99. The van der Waals surface area contributed by atoms with Crippen molar-refractivity contribution < 1.29 is 9.53 Å². The molecule has 0 atom stereocenters. The Bertz CT molecular complexity index is 1670. The number of nitrogens with two attached hydrogens (primary N) is 1. The molecule has 0 saturated carbocycles. The molecule has 3 aromatic carbocycles. The maximum atomic E-state index is 13.4. The van der Waals surface area contributed by atoms with Crippen molar-refractivity contribution in [1.82, 2.24) is 9.97 Å². The molecule has 0 aliphatic heterocycles.